The molecule has 2 aliphatic rings. The Bertz CT molecular complexity index is 1270. The Kier molecular flexibility index (Phi) is 7.64. The van der Waals surface area contributed by atoms with Gasteiger partial charge in [0.05, 0.1) is 11.1 Å². The Morgan fingerprint density at radius 1 is 1.10 bits per heavy atom. The largest absolute Gasteiger partial charge is 0.488 e. The fourth-order valence-electron chi connectivity index (χ4n) is 5.77. The highest BCUT2D eigenvalue weighted by Crippen LogP contribution is 2.37. The summed E-state index contributed by atoms with van der Waals surface area (Å²) in [6.07, 6.45) is 7.77. The van der Waals surface area contributed by atoms with Crippen molar-refractivity contribution >= 4 is 11.4 Å². The maximum Gasteiger partial charge on any atom is 0.269 e. The lowest BCUT2D eigenvalue weighted by atomic mass is 9.77. The molecule has 1 aromatic heterocycles. The summed E-state index contributed by atoms with van der Waals surface area (Å²) in [6.45, 7) is 7.83. The van der Waals surface area contributed by atoms with Crippen molar-refractivity contribution in [3.05, 3.63) is 70.7 Å². The molecule has 0 amide bonds. The number of aromatic nitrogens is 1. The van der Waals surface area contributed by atoms with Gasteiger partial charge < -0.3 is 25.1 Å². The summed E-state index contributed by atoms with van der Waals surface area (Å²) >= 11 is 0. The van der Waals surface area contributed by atoms with Gasteiger partial charge in [-0.25, -0.2) is 4.98 Å². The van der Waals surface area contributed by atoms with Crippen LogP contribution in [0.2, 0.25) is 0 Å². The van der Waals surface area contributed by atoms with E-state index in [0.717, 1.165) is 68.6 Å². The number of nitro groups is 1. The average molecular weight is 534 g/mol. The van der Waals surface area contributed by atoms with E-state index in [1.807, 2.05) is 57.2 Å². The summed E-state index contributed by atoms with van der Waals surface area (Å²) < 4.78 is 12.3. The van der Waals surface area contributed by atoms with Gasteiger partial charge >= 0.3 is 0 Å². The van der Waals surface area contributed by atoms with Gasteiger partial charge in [-0.2, -0.15) is 0 Å². The second-order valence-electron chi connectivity index (χ2n) is 11.8. The van der Waals surface area contributed by atoms with Gasteiger partial charge in [0.1, 0.15) is 16.9 Å². The molecule has 0 spiro atoms. The number of oxazole rings is 1. The lowest BCUT2D eigenvalue weighted by Gasteiger charge is -2.43. The third-order valence-electron chi connectivity index (χ3n) is 7.71. The number of non-ortho nitro benzene ring substituents is 1. The van der Waals surface area contributed by atoms with Crippen LogP contribution >= 0.6 is 0 Å². The fraction of sp³-hybridized carbons (Fsp3) is 0.500. The number of rotatable bonds is 7. The van der Waals surface area contributed by atoms with Crippen molar-refractivity contribution in [1.29, 1.82) is 0 Å². The van der Waals surface area contributed by atoms with E-state index in [9.17, 15) is 10.1 Å². The maximum atomic E-state index is 11.0. The molecule has 3 unspecified atom stereocenters. The van der Waals surface area contributed by atoms with Crippen molar-refractivity contribution in [3.63, 3.8) is 0 Å². The molecule has 3 atom stereocenters. The van der Waals surface area contributed by atoms with Crippen molar-refractivity contribution < 1.29 is 14.1 Å². The van der Waals surface area contributed by atoms with Crippen LogP contribution in [-0.4, -0.2) is 40.7 Å². The van der Waals surface area contributed by atoms with Crippen LogP contribution in [0.15, 0.2) is 59.1 Å². The predicted molar refractivity (Wildman–Crippen MR) is 152 cm³/mol. The van der Waals surface area contributed by atoms with Gasteiger partial charge in [-0.1, -0.05) is 12.8 Å². The molecule has 3 N–H and O–H groups in total. The number of ether oxygens (including phenoxy) is 1. The van der Waals surface area contributed by atoms with Gasteiger partial charge in [-0.05, 0) is 82.9 Å². The minimum Gasteiger partial charge on any atom is -0.488 e. The van der Waals surface area contributed by atoms with Crippen molar-refractivity contribution in [2.75, 3.05) is 18.0 Å². The Hall–Kier alpha value is -3.43. The summed E-state index contributed by atoms with van der Waals surface area (Å²) in [5, 5.41) is 14.9. The standard InChI is InChI=1S/C30H39N5O4/c1-29(2,3)39-25-15-9-21(10-16-25)26-19-32-28(38-26)30(31)17-5-4-8-27(30)33-22-7-6-18-34(20-22)23-11-13-24(14-12-23)35(36)37/h9-16,19,22,27,33H,4-8,17-18,20,31H2,1-3H3. The molecule has 1 aliphatic heterocycles. The third-order valence-corrected chi connectivity index (χ3v) is 7.71. The van der Waals surface area contributed by atoms with Crippen LogP contribution in [0.25, 0.3) is 11.3 Å². The number of nitrogens with one attached hydrogen (secondary N) is 1. The number of hydrogen-bond acceptors (Lipinski definition) is 8. The van der Waals surface area contributed by atoms with E-state index >= 15 is 0 Å². The van der Waals surface area contributed by atoms with Crippen LogP contribution in [0, 0.1) is 10.1 Å². The van der Waals surface area contributed by atoms with Gasteiger partial charge in [-0.15, -0.1) is 0 Å². The number of anilines is 1. The number of nitrogens with two attached hydrogens (primary N) is 1. The van der Waals surface area contributed by atoms with Crippen LogP contribution in [0.3, 0.4) is 0 Å². The molecule has 1 aliphatic carbocycles. The first-order valence-electron chi connectivity index (χ1n) is 13.9. The highest BCUT2D eigenvalue weighted by atomic mass is 16.6. The molecule has 0 bridgehead atoms. The van der Waals surface area contributed by atoms with E-state index < -0.39 is 5.54 Å². The lowest BCUT2D eigenvalue weighted by Crippen LogP contribution is -2.61. The quantitative estimate of drug-likeness (QED) is 0.290. The molecule has 208 valence electrons. The number of nitro benzene ring substituents is 1. The SMILES string of the molecule is CC(C)(C)Oc1ccc(-c2cnc(C3(N)CCCCC3NC3CCCN(c4ccc([N+](=O)[O-])cc4)C3)o2)cc1. The van der Waals surface area contributed by atoms with Crippen molar-refractivity contribution in [1.82, 2.24) is 10.3 Å². The van der Waals surface area contributed by atoms with Crippen molar-refractivity contribution in [2.24, 2.45) is 5.73 Å². The van der Waals surface area contributed by atoms with Gasteiger partial charge in [0.25, 0.3) is 5.69 Å². The second-order valence-corrected chi connectivity index (χ2v) is 11.8. The molecule has 39 heavy (non-hydrogen) atoms. The van der Waals surface area contributed by atoms with Crippen LogP contribution in [0.5, 0.6) is 5.75 Å². The van der Waals surface area contributed by atoms with Crippen LogP contribution in [0.4, 0.5) is 11.4 Å². The Morgan fingerprint density at radius 3 is 2.54 bits per heavy atom. The number of hydrogen-bond donors (Lipinski definition) is 2. The number of nitrogens with zero attached hydrogens (tertiary/aromatic N) is 3. The molecular formula is C30H39N5O4. The number of piperidine rings is 1. The molecule has 9 nitrogen and oxygen atoms in total. The van der Waals surface area contributed by atoms with Crippen LogP contribution in [0.1, 0.15) is 65.2 Å². The zero-order valence-corrected chi connectivity index (χ0v) is 23.1. The van der Waals surface area contributed by atoms with Gasteiger partial charge in [0.15, 0.2) is 5.76 Å². The smallest absolute Gasteiger partial charge is 0.269 e. The van der Waals surface area contributed by atoms with Crippen LogP contribution < -0.4 is 20.7 Å². The molecule has 2 aromatic carbocycles. The topological polar surface area (TPSA) is 120 Å². The molecule has 2 heterocycles. The summed E-state index contributed by atoms with van der Waals surface area (Å²) in [6, 6.07) is 15.0. The van der Waals surface area contributed by atoms with Gasteiger partial charge in [0.2, 0.25) is 5.89 Å². The number of benzene rings is 2. The predicted octanol–water partition coefficient (Wildman–Crippen LogP) is 5.78. The van der Waals surface area contributed by atoms with E-state index in [4.69, 9.17) is 14.9 Å². The lowest BCUT2D eigenvalue weighted by molar-refractivity contribution is -0.384. The Labute approximate surface area is 229 Å². The normalized spacial score (nSPS) is 23.9. The Balaban J connectivity index is 1.28. The summed E-state index contributed by atoms with van der Waals surface area (Å²) in [5.41, 5.74) is 8.20. The van der Waals surface area contributed by atoms with Crippen molar-refractivity contribution in [2.45, 2.75) is 82.5 Å². The first kappa shape index (κ1) is 27.1. The zero-order chi connectivity index (χ0) is 27.6. The van der Waals surface area contributed by atoms with E-state index in [2.05, 4.69) is 15.2 Å². The van der Waals surface area contributed by atoms with Crippen molar-refractivity contribution in [3.8, 4) is 17.1 Å². The molecule has 9 heteroatoms. The molecule has 3 aromatic rings. The molecule has 5 rings (SSSR count). The highest BCUT2D eigenvalue weighted by Gasteiger charge is 2.44. The van der Waals surface area contributed by atoms with E-state index in [1.165, 1.54) is 0 Å². The molecular weight excluding hydrogens is 494 g/mol. The highest BCUT2D eigenvalue weighted by molar-refractivity contribution is 5.57. The summed E-state index contributed by atoms with van der Waals surface area (Å²) in [5.74, 6) is 2.09. The van der Waals surface area contributed by atoms with Gasteiger partial charge in [0, 0.05) is 48.6 Å². The molecule has 0 radical (unpaired) electrons. The molecule has 2 fully saturated rings. The minimum atomic E-state index is -0.693. The molecule has 1 saturated carbocycles. The summed E-state index contributed by atoms with van der Waals surface area (Å²) in [7, 11) is 0. The minimum absolute atomic E-state index is 0.0436. The molecule has 1 saturated heterocycles. The first-order chi connectivity index (χ1) is 18.6. The van der Waals surface area contributed by atoms with E-state index in [0.29, 0.717) is 11.7 Å². The second kappa shape index (κ2) is 11.0. The van der Waals surface area contributed by atoms with E-state index in [-0.39, 0.29) is 28.3 Å². The average Bonchev–Trinajstić information content (AvgIpc) is 3.41. The maximum absolute atomic E-state index is 11.0. The fourth-order valence-corrected chi connectivity index (χ4v) is 5.77. The van der Waals surface area contributed by atoms with Gasteiger partial charge in [-0.3, -0.25) is 10.1 Å². The zero-order valence-electron chi connectivity index (χ0n) is 23.1. The third kappa shape index (κ3) is 6.25. The van der Waals surface area contributed by atoms with Crippen LogP contribution in [-0.2, 0) is 5.54 Å². The summed E-state index contributed by atoms with van der Waals surface area (Å²) in [4.78, 5) is 17.6. The Morgan fingerprint density at radius 2 is 1.85 bits per heavy atom. The van der Waals surface area contributed by atoms with E-state index in [1.54, 1.807) is 18.3 Å². The first-order valence-corrected chi connectivity index (χ1v) is 13.9. The monoisotopic (exact) mass is 533 g/mol.